The van der Waals surface area contributed by atoms with E-state index in [0.29, 0.717) is 44.0 Å². The van der Waals surface area contributed by atoms with Gasteiger partial charge in [-0.3, -0.25) is 9.59 Å². The Bertz CT molecular complexity index is 1190. The lowest BCUT2D eigenvalue weighted by atomic mass is 10.1. The third-order valence-corrected chi connectivity index (χ3v) is 6.20. The number of halogens is 1. The highest BCUT2D eigenvalue weighted by atomic mass is 19.1. The van der Waals surface area contributed by atoms with Crippen molar-refractivity contribution in [2.24, 2.45) is 0 Å². The van der Waals surface area contributed by atoms with Gasteiger partial charge in [0.15, 0.2) is 5.78 Å². The normalized spacial score (nSPS) is 14.3. The number of hydrogen-bond donors (Lipinski definition) is 0. The molecule has 0 spiro atoms. The quantitative estimate of drug-likeness (QED) is 0.412. The van der Waals surface area contributed by atoms with Crippen molar-refractivity contribution in [2.45, 2.75) is 27.3 Å². The van der Waals surface area contributed by atoms with E-state index in [1.807, 2.05) is 37.0 Å². The number of furan rings is 1. The van der Waals surface area contributed by atoms with E-state index in [1.165, 1.54) is 13.0 Å². The van der Waals surface area contributed by atoms with Crippen LogP contribution in [0.3, 0.4) is 0 Å². The van der Waals surface area contributed by atoms with Crippen molar-refractivity contribution < 1.29 is 18.4 Å². The molecule has 1 saturated heterocycles. The summed E-state index contributed by atoms with van der Waals surface area (Å²) >= 11 is 0. The highest BCUT2D eigenvalue weighted by molar-refractivity contribution is 5.94. The van der Waals surface area contributed by atoms with Gasteiger partial charge in [0, 0.05) is 49.2 Å². The third-order valence-electron chi connectivity index (χ3n) is 6.20. The standard InChI is InChI=1S/C26H28FN3O3/c1-18-15-21(19(2)30(18)17-23-5-4-14-33-23)7-9-26(32)29-12-10-28(11-13-29)25-8-6-22(20(3)31)16-24(25)27/h4-9,14-16H,10-13,17H2,1-3H3/b9-7+. The molecule has 0 radical (unpaired) electrons. The Morgan fingerprint density at radius 2 is 1.85 bits per heavy atom. The number of carbonyl (C=O) groups is 2. The molecule has 1 amide bonds. The van der Waals surface area contributed by atoms with E-state index in [1.54, 1.807) is 29.4 Å². The molecule has 1 aromatic carbocycles. The number of anilines is 1. The molecule has 4 rings (SSSR count). The van der Waals surface area contributed by atoms with Crippen LogP contribution in [0.4, 0.5) is 10.1 Å². The first-order valence-electron chi connectivity index (χ1n) is 11.0. The minimum Gasteiger partial charge on any atom is -0.467 e. The van der Waals surface area contributed by atoms with Gasteiger partial charge in [0.05, 0.1) is 18.5 Å². The summed E-state index contributed by atoms with van der Waals surface area (Å²) in [5.41, 5.74) is 3.99. The summed E-state index contributed by atoms with van der Waals surface area (Å²) in [4.78, 5) is 27.9. The maximum Gasteiger partial charge on any atom is 0.246 e. The van der Waals surface area contributed by atoms with E-state index >= 15 is 0 Å². The first-order valence-corrected chi connectivity index (χ1v) is 11.0. The van der Waals surface area contributed by atoms with Gasteiger partial charge >= 0.3 is 0 Å². The van der Waals surface area contributed by atoms with Crippen LogP contribution in [0, 0.1) is 19.7 Å². The van der Waals surface area contributed by atoms with Gasteiger partial charge in [0.1, 0.15) is 11.6 Å². The van der Waals surface area contributed by atoms with Crippen LogP contribution in [0.5, 0.6) is 0 Å². The summed E-state index contributed by atoms with van der Waals surface area (Å²) in [7, 11) is 0. The fourth-order valence-corrected chi connectivity index (χ4v) is 4.21. The zero-order valence-electron chi connectivity index (χ0n) is 19.2. The molecular weight excluding hydrogens is 421 g/mol. The minimum atomic E-state index is -0.410. The predicted octanol–water partition coefficient (Wildman–Crippen LogP) is 4.45. The highest BCUT2D eigenvalue weighted by Crippen LogP contribution is 2.23. The Labute approximate surface area is 192 Å². The molecule has 0 unspecified atom stereocenters. The second kappa shape index (κ2) is 9.48. The molecule has 7 heteroatoms. The molecule has 172 valence electrons. The van der Waals surface area contributed by atoms with Crippen LogP contribution in [0.15, 0.2) is 53.2 Å². The monoisotopic (exact) mass is 449 g/mol. The van der Waals surface area contributed by atoms with Gasteiger partial charge in [0.2, 0.25) is 5.91 Å². The molecular formula is C26H28FN3O3. The number of ketones is 1. The molecule has 6 nitrogen and oxygen atoms in total. The van der Waals surface area contributed by atoms with E-state index in [0.717, 1.165) is 22.7 Å². The van der Waals surface area contributed by atoms with Gasteiger partial charge in [-0.2, -0.15) is 0 Å². The number of benzene rings is 1. The molecule has 0 atom stereocenters. The number of Topliss-reactive ketones (excluding diaryl/α,β-unsaturated/α-hetero) is 1. The molecule has 3 heterocycles. The summed E-state index contributed by atoms with van der Waals surface area (Å²) in [6.07, 6.45) is 5.13. The van der Waals surface area contributed by atoms with Gasteiger partial charge in [-0.1, -0.05) is 0 Å². The van der Waals surface area contributed by atoms with Crippen molar-refractivity contribution in [1.82, 2.24) is 9.47 Å². The van der Waals surface area contributed by atoms with Crippen molar-refractivity contribution in [3.8, 4) is 0 Å². The zero-order valence-corrected chi connectivity index (χ0v) is 19.2. The van der Waals surface area contributed by atoms with Gasteiger partial charge in [-0.25, -0.2) is 4.39 Å². The van der Waals surface area contributed by atoms with E-state index in [2.05, 4.69) is 10.6 Å². The minimum absolute atomic E-state index is 0.0575. The number of rotatable bonds is 6. The fourth-order valence-electron chi connectivity index (χ4n) is 4.21. The van der Waals surface area contributed by atoms with E-state index < -0.39 is 5.82 Å². The van der Waals surface area contributed by atoms with Crippen LogP contribution in [0.25, 0.3) is 6.08 Å². The topological polar surface area (TPSA) is 58.7 Å². The number of amides is 1. The molecule has 0 bridgehead atoms. The Balaban J connectivity index is 1.37. The van der Waals surface area contributed by atoms with Crippen LogP contribution >= 0.6 is 0 Å². The average Bonchev–Trinajstić information content (AvgIpc) is 3.41. The number of nitrogens with zero attached hydrogens (tertiary/aromatic N) is 3. The summed E-state index contributed by atoms with van der Waals surface area (Å²) in [5, 5.41) is 0. The number of carbonyl (C=O) groups excluding carboxylic acids is 2. The molecule has 0 saturated carbocycles. The van der Waals surface area contributed by atoms with Crippen molar-refractivity contribution in [3.05, 3.63) is 82.8 Å². The van der Waals surface area contributed by atoms with Crippen molar-refractivity contribution in [3.63, 3.8) is 0 Å². The fraction of sp³-hybridized carbons (Fsp3) is 0.308. The zero-order chi connectivity index (χ0) is 23.5. The number of aryl methyl sites for hydroxylation is 1. The van der Waals surface area contributed by atoms with Crippen LogP contribution in [-0.2, 0) is 11.3 Å². The molecule has 2 aromatic heterocycles. The Kier molecular flexibility index (Phi) is 6.49. The average molecular weight is 450 g/mol. The molecule has 0 N–H and O–H groups in total. The van der Waals surface area contributed by atoms with Gasteiger partial charge in [0.25, 0.3) is 0 Å². The molecule has 3 aromatic rings. The molecule has 33 heavy (non-hydrogen) atoms. The Hall–Kier alpha value is -3.61. The molecule has 1 aliphatic rings. The van der Waals surface area contributed by atoms with E-state index in [-0.39, 0.29) is 11.7 Å². The summed E-state index contributed by atoms with van der Waals surface area (Å²) in [6, 6.07) is 10.4. The Morgan fingerprint density at radius 1 is 1.09 bits per heavy atom. The molecule has 1 aliphatic heterocycles. The SMILES string of the molecule is CC(=O)c1ccc(N2CCN(C(=O)/C=C/c3cc(C)n(Cc4ccco4)c3C)CC2)c(F)c1. The first-order chi connectivity index (χ1) is 15.8. The van der Waals surface area contributed by atoms with Gasteiger partial charge < -0.3 is 18.8 Å². The number of hydrogen-bond acceptors (Lipinski definition) is 4. The maximum atomic E-state index is 14.5. The second-order valence-corrected chi connectivity index (χ2v) is 8.36. The lowest BCUT2D eigenvalue weighted by molar-refractivity contribution is -0.126. The number of aromatic nitrogens is 1. The first kappa shape index (κ1) is 22.6. The van der Waals surface area contributed by atoms with Crippen molar-refractivity contribution in [2.75, 3.05) is 31.1 Å². The molecule has 1 fully saturated rings. The largest absolute Gasteiger partial charge is 0.467 e. The van der Waals surface area contributed by atoms with E-state index in [9.17, 15) is 14.0 Å². The smallest absolute Gasteiger partial charge is 0.246 e. The maximum absolute atomic E-state index is 14.5. The Morgan fingerprint density at radius 3 is 2.48 bits per heavy atom. The van der Waals surface area contributed by atoms with Gasteiger partial charge in [-0.15, -0.1) is 0 Å². The van der Waals surface area contributed by atoms with Crippen molar-refractivity contribution in [1.29, 1.82) is 0 Å². The lowest BCUT2D eigenvalue weighted by Gasteiger charge is -2.35. The summed E-state index contributed by atoms with van der Waals surface area (Å²) in [6.45, 7) is 8.23. The predicted molar refractivity (Wildman–Crippen MR) is 126 cm³/mol. The highest BCUT2D eigenvalue weighted by Gasteiger charge is 2.22. The van der Waals surface area contributed by atoms with Crippen LogP contribution < -0.4 is 4.90 Å². The van der Waals surface area contributed by atoms with Crippen molar-refractivity contribution >= 4 is 23.5 Å². The number of piperazine rings is 1. The van der Waals surface area contributed by atoms with Crippen LogP contribution in [-0.4, -0.2) is 47.3 Å². The van der Waals surface area contributed by atoms with E-state index in [4.69, 9.17) is 4.42 Å². The molecule has 0 aliphatic carbocycles. The third kappa shape index (κ3) is 4.92. The summed E-state index contributed by atoms with van der Waals surface area (Å²) < 4.78 is 22.1. The lowest BCUT2D eigenvalue weighted by Crippen LogP contribution is -2.48. The second-order valence-electron chi connectivity index (χ2n) is 8.36. The van der Waals surface area contributed by atoms with Gasteiger partial charge in [-0.05, 0) is 68.8 Å². The van der Waals surface area contributed by atoms with Crippen LogP contribution in [0.2, 0.25) is 0 Å². The van der Waals surface area contributed by atoms with Crippen LogP contribution in [0.1, 0.15) is 40.0 Å². The summed E-state index contributed by atoms with van der Waals surface area (Å²) in [5.74, 6) is 0.253.